The van der Waals surface area contributed by atoms with E-state index in [-0.39, 0.29) is 18.3 Å². The van der Waals surface area contributed by atoms with Crippen LogP contribution in [0.5, 0.6) is 0 Å². The SMILES string of the molecule is Cl.O=C([O-])C(O)(c1ccccc1)C1CCCCC1. The third-order valence-corrected chi connectivity index (χ3v) is 3.72. The molecule has 1 aromatic rings. The summed E-state index contributed by atoms with van der Waals surface area (Å²) in [7, 11) is 0. The van der Waals surface area contributed by atoms with Gasteiger partial charge >= 0.3 is 0 Å². The summed E-state index contributed by atoms with van der Waals surface area (Å²) in [4.78, 5) is 11.4. The molecule has 0 aromatic heterocycles. The summed E-state index contributed by atoms with van der Waals surface area (Å²) in [6.07, 6.45) is 4.58. The van der Waals surface area contributed by atoms with E-state index >= 15 is 0 Å². The van der Waals surface area contributed by atoms with Gasteiger partial charge in [-0.3, -0.25) is 0 Å². The molecular formula is C14H18ClO3-. The minimum atomic E-state index is -1.83. The zero-order valence-corrected chi connectivity index (χ0v) is 11.0. The Hall–Kier alpha value is -1.06. The third kappa shape index (κ3) is 2.68. The first-order chi connectivity index (χ1) is 8.15. The number of halogens is 1. The summed E-state index contributed by atoms with van der Waals surface area (Å²) in [6, 6.07) is 8.60. The van der Waals surface area contributed by atoms with Crippen molar-refractivity contribution in [3.63, 3.8) is 0 Å². The van der Waals surface area contributed by atoms with Crippen LogP contribution in [0.4, 0.5) is 0 Å². The van der Waals surface area contributed by atoms with Gasteiger partial charge in [-0.25, -0.2) is 0 Å². The van der Waals surface area contributed by atoms with E-state index in [4.69, 9.17) is 0 Å². The minimum absolute atomic E-state index is 0. The first-order valence-corrected chi connectivity index (χ1v) is 6.15. The standard InChI is InChI=1S/C14H18O3.ClH/c15-13(16)14(17,11-7-3-1-4-8-11)12-9-5-2-6-10-12;/h1,3-4,7-8,12,17H,2,5-6,9-10H2,(H,15,16);1H/p-1. The quantitative estimate of drug-likeness (QED) is 0.907. The highest BCUT2D eigenvalue weighted by atomic mass is 35.5. The lowest BCUT2D eigenvalue weighted by atomic mass is 9.73. The van der Waals surface area contributed by atoms with Gasteiger partial charge in [0.15, 0.2) is 0 Å². The average Bonchev–Trinajstić information content (AvgIpc) is 2.39. The molecule has 1 aliphatic rings. The molecular weight excluding hydrogens is 252 g/mol. The number of rotatable bonds is 3. The smallest absolute Gasteiger partial charge is 0.132 e. The van der Waals surface area contributed by atoms with E-state index in [1.807, 2.05) is 0 Å². The zero-order valence-electron chi connectivity index (χ0n) is 10.2. The molecule has 0 bridgehead atoms. The molecule has 0 heterocycles. The fraction of sp³-hybridized carbons (Fsp3) is 0.500. The van der Waals surface area contributed by atoms with E-state index in [0.29, 0.717) is 5.56 Å². The Balaban J connectivity index is 0.00000162. The maximum absolute atomic E-state index is 11.4. The first-order valence-electron chi connectivity index (χ1n) is 6.15. The molecule has 18 heavy (non-hydrogen) atoms. The molecule has 0 saturated heterocycles. The van der Waals surface area contributed by atoms with Crippen LogP contribution in [0.1, 0.15) is 37.7 Å². The molecule has 0 spiro atoms. The monoisotopic (exact) mass is 269 g/mol. The summed E-state index contributed by atoms with van der Waals surface area (Å²) in [5, 5.41) is 21.9. The highest BCUT2D eigenvalue weighted by Crippen LogP contribution is 2.38. The highest BCUT2D eigenvalue weighted by molar-refractivity contribution is 5.85. The van der Waals surface area contributed by atoms with Crippen molar-refractivity contribution >= 4 is 18.4 Å². The number of benzene rings is 1. The van der Waals surface area contributed by atoms with Crippen LogP contribution in [0.2, 0.25) is 0 Å². The molecule has 1 aromatic carbocycles. The Kier molecular flexibility index (Phi) is 5.17. The van der Waals surface area contributed by atoms with Crippen LogP contribution in [0, 0.1) is 5.92 Å². The number of carbonyl (C=O) groups is 1. The van der Waals surface area contributed by atoms with Crippen molar-refractivity contribution in [1.82, 2.24) is 0 Å². The van der Waals surface area contributed by atoms with Crippen molar-refractivity contribution in [3.8, 4) is 0 Å². The number of carbonyl (C=O) groups excluding carboxylic acids is 1. The Morgan fingerprint density at radius 1 is 1.17 bits per heavy atom. The second kappa shape index (κ2) is 6.21. The van der Waals surface area contributed by atoms with E-state index in [1.54, 1.807) is 30.3 Å². The van der Waals surface area contributed by atoms with Crippen LogP contribution in [0.15, 0.2) is 30.3 Å². The molecule has 0 radical (unpaired) electrons. The molecule has 1 fully saturated rings. The summed E-state index contributed by atoms with van der Waals surface area (Å²) in [6.45, 7) is 0. The second-order valence-electron chi connectivity index (χ2n) is 4.75. The van der Waals surface area contributed by atoms with Gasteiger partial charge in [-0.1, -0.05) is 49.6 Å². The van der Waals surface area contributed by atoms with Crippen LogP contribution < -0.4 is 5.11 Å². The van der Waals surface area contributed by atoms with Crippen molar-refractivity contribution in [1.29, 1.82) is 0 Å². The van der Waals surface area contributed by atoms with Gasteiger partial charge < -0.3 is 15.0 Å². The molecule has 1 atom stereocenters. The maximum atomic E-state index is 11.4. The van der Waals surface area contributed by atoms with Gasteiger partial charge in [0.25, 0.3) is 0 Å². The Morgan fingerprint density at radius 3 is 2.22 bits per heavy atom. The largest absolute Gasteiger partial charge is 0.547 e. The Bertz CT molecular complexity index is 387. The Morgan fingerprint density at radius 2 is 1.72 bits per heavy atom. The predicted molar refractivity (Wildman–Crippen MR) is 69.2 cm³/mol. The fourth-order valence-electron chi connectivity index (χ4n) is 2.73. The summed E-state index contributed by atoms with van der Waals surface area (Å²) >= 11 is 0. The van der Waals surface area contributed by atoms with Gasteiger partial charge in [0.1, 0.15) is 5.60 Å². The molecule has 3 nitrogen and oxygen atoms in total. The second-order valence-corrected chi connectivity index (χ2v) is 4.75. The molecule has 100 valence electrons. The van der Waals surface area contributed by atoms with Crippen molar-refractivity contribution in [3.05, 3.63) is 35.9 Å². The number of hydrogen-bond acceptors (Lipinski definition) is 3. The van der Waals surface area contributed by atoms with Gasteiger partial charge in [0.05, 0.1) is 5.97 Å². The molecule has 2 rings (SSSR count). The average molecular weight is 270 g/mol. The van der Waals surface area contributed by atoms with Crippen molar-refractivity contribution in [2.24, 2.45) is 5.92 Å². The Labute approximate surface area is 113 Å². The lowest BCUT2D eigenvalue weighted by Crippen LogP contribution is -2.51. The number of hydrogen-bond donors (Lipinski definition) is 1. The minimum Gasteiger partial charge on any atom is -0.547 e. The summed E-state index contributed by atoms with van der Waals surface area (Å²) in [5.74, 6) is -1.61. The molecule has 1 saturated carbocycles. The number of carboxylic acid groups (broad SMARTS) is 1. The molecule has 0 amide bonds. The third-order valence-electron chi connectivity index (χ3n) is 3.72. The summed E-state index contributed by atoms with van der Waals surface area (Å²) in [5.41, 5.74) is -1.39. The van der Waals surface area contributed by atoms with Crippen molar-refractivity contribution in [2.75, 3.05) is 0 Å². The lowest BCUT2D eigenvalue weighted by Gasteiger charge is -2.39. The number of carboxylic acids is 1. The highest BCUT2D eigenvalue weighted by Gasteiger charge is 2.40. The van der Waals surface area contributed by atoms with Crippen LogP contribution in [0.3, 0.4) is 0 Å². The number of aliphatic carboxylic acids is 1. The van der Waals surface area contributed by atoms with E-state index in [2.05, 4.69) is 0 Å². The zero-order chi connectivity index (χ0) is 12.3. The van der Waals surface area contributed by atoms with Gasteiger partial charge in [-0.2, -0.15) is 0 Å². The normalized spacial score (nSPS) is 19.6. The lowest BCUT2D eigenvalue weighted by molar-refractivity contribution is -0.331. The van der Waals surface area contributed by atoms with Gasteiger partial charge in [-0.05, 0) is 24.3 Å². The molecule has 0 aliphatic heterocycles. The van der Waals surface area contributed by atoms with Gasteiger partial charge in [0.2, 0.25) is 0 Å². The molecule has 1 N–H and O–H groups in total. The predicted octanol–water partition coefficient (Wildman–Crippen LogP) is 1.63. The van der Waals surface area contributed by atoms with Gasteiger partial charge in [0, 0.05) is 0 Å². The van der Waals surface area contributed by atoms with Gasteiger partial charge in [-0.15, -0.1) is 12.4 Å². The van der Waals surface area contributed by atoms with Crippen LogP contribution in [-0.2, 0) is 10.4 Å². The molecule has 1 aliphatic carbocycles. The topological polar surface area (TPSA) is 60.4 Å². The molecule has 1 unspecified atom stereocenters. The molecule has 4 heteroatoms. The van der Waals surface area contributed by atoms with Crippen LogP contribution in [-0.4, -0.2) is 11.1 Å². The van der Waals surface area contributed by atoms with E-state index in [1.165, 1.54) is 0 Å². The van der Waals surface area contributed by atoms with Crippen LogP contribution in [0.25, 0.3) is 0 Å². The fourth-order valence-corrected chi connectivity index (χ4v) is 2.73. The maximum Gasteiger partial charge on any atom is 0.132 e. The van der Waals surface area contributed by atoms with E-state index in [0.717, 1.165) is 32.1 Å². The number of aliphatic hydroxyl groups is 1. The first kappa shape index (κ1) is 15.0. The van der Waals surface area contributed by atoms with Crippen LogP contribution >= 0.6 is 12.4 Å². The van der Waals surface area contributed by atoms with Crippen molar-refractivity contribution < 1.29 is 15.0 Å². The van der Waals surface area contributed by atoms with E-state index in [9.17, 15) is 15.0 Å². The van der Waals surface area contributed by atoms with Crippen molar-refractivity contribution in [2.45, 2.75) is 37.7 Å². The van der Waals surface area contributed by atoms with E-state index < -0.39 is 11.6 Å². The summed E-state index contributed by atoms with van der Waals surface area (Å²) < 4.78 is 0.